The average molecular weight is 193 g/mol. The van der Waals surface area contributed by atoms with Crippen molar-refractivity contribution in [2.45, 2.75) is 39.3 Å². The van der Waals surface area contributed by atoms with Gasteiger partial charge in [-0.2, -0.15) is 0 Å². The lowest BCUT2D eigenvalue weighted by Crippen LogP contribution is -2.14. The first-order valence-electron chi connectivity index (χ1n) is 4.87. The smallest absolute Gasteiger partial charge is 0.128 e. The van der Waals surface area contributed by atoms with E-state index in [9.17, 15) is 5.11 Å². The van der Waals surface area contributed by atoms with E-state index in [2.05, 4.69) is 26.8 Å². The highest BCUT2D eigenvalue weighted by molar-refractivity contribution is 5.35. The van der Waals surface area contributed by atoms with Crippen molar-refractivity contribution in [3.8, 4) is 0 Å². The molecule has 2 nitrogen and oxygen atoms in total. The summed E-state index contributed by atoms with van der Waals surface area (Å²) in [4.78, 5) is 0. The first-order chi connectivity index (χ1) is 6.32. The molecule has 0 aromatic heterocycles. The van der Waals surface area contributed by atoms with Crippen LogP contribution < -0.4 is 5.73 Å². The highest BCUT2D eigenvalue weighted by Crippen LogP contribution is 2.25. The lowest BCUT2D eigenvalue weighted by atomic mass is 9.85. The third kappa shape index (κ3) is 2.34. The normalized spacial score (nSPS) is 14.1. The van der Waals surface area contributed by atoms with Crippen molar-refractivity contribution in [3.63, 3.8) is 0 Å². The molecule has 1 rings (SSSR count). The van der Waals surface area contributed by atoms with Gasteiger partial charge in [0.05, 0.1) is 0 Å². The number of aliphatic hydroxyl groups excluding tert-OH is 1. The van der Waals surface area contributed by atoms with E-state index in [0.29, 0.717) is 0 Å². The number of benzene rings is 1. The number of hydrogen-bond acceptors (Lipinski definition) is 2. The summed E-state index contributed by atoms with van der Waals surface area (Å²) in [6, 6.07) is 6.02. The van der Waals surface area contributed by atoms with Gasteiger partial charge in [0.25, 0.3) is 0 Å². The zero-order valence-corrected chi connectivity index (χ0v) is 9.33. The SMILES string of the molecule is Cc1cc(C(C)(C)C)ccc1C(N)O. The minimum atomic E-state index is -0.871. The molecule has 0 spiro atoms. The fourth-order valence-electron chi connectivity index (χ4n) is 1.47. The summed E-state index contributed by atoms with van der Waals surface area (Å²) in [5, 5.41) is 9.28. The maximum Gasteiger partial charge on any atom is 0.128 e. The molecule has 1 unspecified atom stereocenters. The monoisotopic (exact) mass is 193 g/mol. The van der Waals surface area contributed by atoms with Crippen LogP contribution in [0.1, 0.15) is 43.7 Å². The van der Waals surface area contributed by atoms with Gasteiger partial charge in [0.15, 0.2) is 0 Å². The molecule has 0 aliphatic heterocycles. The number of aliphatic hydroxyl groups is 1. The summed E-state index contributed by atoms with van der Waals surface area (Å²) in [5.74, 6) is 0. The van der Waals surface area contributed by atoms with Crippen LogP contribution in [0.4, 0.5) is 0 Å². The molecule has 0 heterocycles. The summed E-state index contributed by atoms with van der Waals surface area (Å²) in [5.41, 5.74) is 8.69. The molecular formula is C12H19NO. The topological polar surface area (TPSA) is 46.2 Å². The van der Waals surface area contributed by atoms with Crippen LogP contribution in [0.5, 0.6) is 0 Å². The van der Waals surface area contributed by atoms with Gasteiger partial charge in [-0.25, -0.2) is 0 Å². The molecule has 3 N–H and O–H groups in total. The summed E-state index contributed by atoms with van der Waals surface area (Å²) in [7, 11) is 0. The van der Waals surface area contributed by atoms with Crippen LogP contribution in [0.25, 0.3) is 0 Å². The van der Waals surface area contributed by atoms with Gasteiger partial charge in [0.2, 0.25) is 0 Å². The molecule has 14 heavy (non-hydrogen) atoms. The van der Waals surface area contributed by atoms with Crippen LogP contribution in [-0.4, -0.2) is 5.11 Å². The van der Waals surface area contributed by atoms with E-state index in [-0.39, 0.29) is 5.41 Å². The molecule has 1 aromatic carbocycles. The van der Waals surface area contributed by atoms with Crippen LogP contribution in [0.3, 0.4) is 0 Å². The number of hydrogen-bond donors (Lipinski definition) is 2. The molecule has 0 saturated heterocycles. The third-order valence-electron chi connectivity index (χ3n) is 2.45. The fourth-order valence-corrected chi connectivity index (χ4v) is 1.47. The molecule has 0 aliphatic carbocycles. The fraction of sp³-hybridized carbons (Fsp3) is 0.500. The highest BCUT2D eigenvalue weighted by atomic mass is 16.3. The Labute approximate surface area is 85.8 Å². The van der Waals surface area contributed by atoms with Crippen LogP contribution >= 0.6 is 0 Å². The Hall–Kier alpha value is -0.860. The Bertz CT molecular complexity index is 324. The lowest BCUT2D eigenvalue weighted by molar-refractivity contribution is 0.185. The second kappa shape index (κ2) is 3.71. The Morgan fingerprint density at radius 2 is 1.86 bits per heavy atom. The summed E-state index contributed by atoms with van der Waals surface area (Å²) < 4.78 is 0. The molecule has 78 valence electrons. The molecule has 0 fully saturated rings. The lowest BCUT2D eigenvalue weighted by Gasteiger charge is -2.21. The second-order valence-corrected chi connectivity index (χ2v) is 4.77. The highest BCUT2D eigenvalue weighted by Gasteiger charge is 2.15. The van der Waals surface area contributed by atoms with Gasteiger partial charge in [0.1, 0.15) is 6.23 Å². The Morgan fingerprint density at radius 1 is 1.29 bits per heavy atom. The van der Waals surface area contributed by atoms with E-state index in [4.69, 9.17) is 5.73 Å². The van der Waals surface area contributed by atoms with Gasteiger partial charge in [-0.15, -0.1) is 0 Å². The molecule has 0 bridgehead atoms. The predicted molar refractivity (Wildman–Crippen MR) is 59.0 cm³/mol. The van der Waals surface area contributed by atoms with E-state index in [0.717, 1.165) is 11.1 Å². The number of nitrogens with two attached hydrogens (primary N) is 1. The van der Waals surface area contributed by atoms with Crippen LogP contribution in [0.2, 0.25) is 0 Å². The van der Waals surface area contributed by atoms with E-state index in [1.807, 2.05) is 19.1 Å². The first kappa shape index (κ1) is 11.2. The van der Waals surface area contributed by atoms with E-state index in [1.54, 1.807) is 0 Å². The minimum Gasteiger partial charge on any atom is -0.375 e. The number of rotatable bonds is 1. The molecule has 2 heteroatoms. The first-order valence-corrected chi connectivity index (χ1v) is 4.87. The van der Waals surface area contributed by atoms with Gasteiger partial charge in [-0.1, -0.05) is 39.0 Å². The average Bonchev–Trinajstić information content (AvgIpc) is 2.01. The van der Waals surface area contributed by atoms with E-state index in [1.165, 1.54) is 5.56 Å². The van der Waals surface area contributed by atoms with Crippen LogP contribution in [-0.2, 0) is 5.41 Å². The van der Waals surface area contributed by atoms with Gasteiger partial charge < -0.3 is 10.8 Å². The van der Waals surface area contributed by atoms with Crippen molar-refractivity contribution < 1.29 is 5.11 Å². The van der Waals surface area contributed by atoms with Crippen molar-refractivity contribution in [2.75, 3.05) is 0 Å². The van der Waals surface area contributed by atoms with E-state index >= 15 is 0 Å². The summed E-state index contributed by atoms with van der Waals surface area (Å²) >= 11 is 0. The Kier molecular flexibility index (Phi) is 2.98. The van der Waals surface area contributed by atoms with Crippen molar-refractivity contribution >= 4 is 0 Å². The standard InChI is InChI=1S/C12H19NO/c1-8-7-9(12(2,3)4)5-6-10(8)11(13)14/h5-7,11,14H,13H2,1-4H3. The zero-order valence-electron chi connectivity index (χ0n) is 9.33. The van der Waals surface area contributed by atoms with Crippen LogP contribution in [0, 0.1) is 6.92 Å². The van der Waals surface area contributed by atoms with E-state index < -0.39 is 6.23 Å². The maximum atomic E-state index is 9.28. The molecule has 1 aromatic rings. The quantitative estimate of drug-likeness (QED) is 0.672. The summed E-state index contributed by atoms with van der Waals surface area (Å²) in [6.45, 7) is 8.47. The largest absolute Gasteiger partial charge is 0.375 e. The van der Waals surface area contributed by atoms with Gasteiger partial charge in [0, 0.05) is 0 Å². The van der Waals surface area contributed by atoms with Crippen LogP contribution in [0.15, 0.2) is 18.2 Å². The maximum absolute atomic E-state index is 9.28. The second-order valence-electron chi connectivity index (χ2n) is 4.77. The van der Waals surface area contributed by atoms with Crippen molar-refractivity contribution in [2.24, 2.45) is 5.73 Å². The van der Waals surface area contributed by atoms with Crippen molar-refractivity contribution in [3.05, 3.63) is 34.9 Å². The zero-order chi connectivity index (χ0) is 10.9. The van der Waals surface area contributed by atoms with Gasteiger partial charge in [-0.3, -0.25) is 0 Å². The van der Waals surface area contributed by atoms with Crippen molar-refractivity contribution in [1.29, 1.82) is 0 Å². The van der Waals surface area contributed by atoms with Gasteiger partial charge in [-0.05, 0) is 29.0 Å². The third-order valence-corrected chi connectivity index (χ3v) is 2.45. The number of aryl methyl sites for hydroxylation is 1. The Balaban J connectivity index is 3.13. The molecular weight excluding hydrogens is 174 g/mol. The van der Waals surface area contributed by atoms with Crippen molar-refractivity contribution in [1.82, 2.24) is 0 Å². The molecule has 0 amide bonds. The predicted octanol–water partition coefficient (Wildman–Crippen LogP) is 2.24. The molecule has 1 atom stereocenters. The Morgan fingerprint density at radius 3 is 2.21 bits per heavy atom. The molecule has 0 saturated carbocycles. The summed E-state index contributed by atoms with van der Waals surface area (Å²) in [6.07, 6.45) is -0.871. The minimum absolute atomic E-state index is 0.142. The molecule has 0 aliphatic rings. The van der Waals surface area contributed by atoms with Gasteiger partial charge >= 0.3 is 0 Å². The molecule has 0 radical (unpaired) electrons.